The van der Waals surface area contributed by atoms with Gasteiger partial charge in [-0.3, -0.25) is 9.59 Å². The van der Waals surface area contributed by atoms with E-state index in [4.69, 9.17) is 10.2 Å². The number of amides is 1. The van der Waals surface area contributed by atoms with Crippen LogP contribution >= 0.6 is 0 Å². The van der Waals surface area contributed by atoms with Crippen LogP contribution in [0, 0.1) is 11.8 Å². The molecule has 20 heavy (non-hydrogen) atoms. The van der Waals surface area contributed by atoms with E-state index in [1.807, 2.05) is 5.32 Å². The zero-order valence-electron chi connectivity index (χ0n) is 9.97. The van der Waals surface area contributed by atoms with Gasteiger partial charge in [0.2, 0.25) is 5.95 Å². The van der Waals surface area contributed by atoms with Crippen molar-refractivity contribution in [2.24, 2.45) is 0 Å². The minimum Gasteiger partial charge on any atom is -0.481 e. The molecule has 0 radical (unpaired) electrons. The summed E-state index contributed by atoms with van der Waals surface area (Å²) < 4.78 is 26.1. The first-order valence-electron chi connectivity index (χ1n) is 5.38. The second kappa shape index (κ2) is 6.55. The SMILES string of the molecule is O=C(O)CC[C@H](NC(=O)c1ccnc(F)c1F)C(=O)O. The second-order valence-electron chi connectivity index (χ2n) is 3.76. The third-order valence-electron chi connectivity index (χ3n) is 2.34. The number of pyridine rings is 1. The second-order valence-corrected chi connectivity index (χ2v) is 3.76. The summed E-state index contributed by atoms with van der Waals surface area (Å²) in [6.07, 6.45) is -0.0314. The molecule has 9 heteroatoms. The fraction of sp³-hybridized carbons (Fsp3) is 0.273. The molecule has 7 nitrogen and oxygen atoms in total. The van der Waals surface area contributed by atoms with Gasteiger partial charge in [-0.2, -0.15) is 4.39 Å². The van der Waals surface area contributed by atoms with Crippen molar-refractivity contribution in [1.82, 2.24) is 10.3 Å². The molecule has 0 bridgehead atoms. The van der Waals surface area contributed by atoms with E-state index in [0.717, 1.165) is 12.3 Å². The van der Waals surface area contributed by atoms with Crippen molar-refractivity contribution in [3.8, 4) is 0 Å². The number of nitrogens with one attached hydrogen (secondary N) is 1. The summed E-state index contributed by atoms with van der Waals surface area (Å²) in [6.45, 7) is 0. The standard InChI is InChI=1S/C11H10F2N2O5/c12-8-5(3-4-14-9(8)13)10(18)15-6(11(19)20)1-2-7(16)17/h3-4,6H,1-2H2,(H,15,18)(H,16,17)(H,19,20)/t6-/m0/s1. The molecule has 0 saturated heterocycles. The highest BCUT2D eigenvalue weighted by Crippen LogP contribution is 2.09. The first-order chi connectivity index (χ1) is 9.32. The van der Waals surface area contributed by atoms with E-state index < -0.39 is 47.6 Å². The third kappa shape index (κ3) is 3.97. The van der Waals surface area contributed by atoms with Crippen LogP contribution < -0.4 is 5.32 Å². The molecule has 0 aliphatic rings. The molecule has 0 aliphatic carbocycles. The molecule has 108 valence electrons. The Kier molecular flexibility index (Phi) is 5.07. The Morgan fingerprint density at radius 2 is 1.95 bits per heavy atom. The van der Waals surface area contributed by atoms with Crippen molar-refractivity contribution in [3.63, 3.8) is 0 Å². The lowest BCUT2D eigenvalue weighted by Gasteiger charge is -2.13. The maximum Gasteiger partial charge on any atom is 0.326 e. The van der Waals surface area contributed by atoms with Crippen LogP contribution in [0.1, 0.15) is 23.2 Å². The van der Waals surface area contributed by atoms with Gasteiger partial charge in [-0.15, -0.1) is 0 Å². The number of carboxylic acid groups (broad SMARTS) is 2. The first kappa shape index (κ1) is 15.5. The lowest BCUT2D eigenvalue weighted by Crippen LogP contribution is -2.41. The summed E-state index contributed by atoms with van der Waals surface area (Å²) in [7, 11) is 0. The summed E-state index contributed by atoms with van der Waals surface area (Å²) >= 11 is 0. The van der Waals surface area contributed by atoms with E-state index in [2.05, 4.69) is 4.98 Å². The van der Waals surface area contributed by atoms with E-state index in [1.165, 1.54) is 0 Å². The van der Waals surface area contributed by atoms with Crippen LogP contribution in [0.25, 0.3) is 0 Å². The van der Waals surface area contributed by atoms with E-state index in [1.54, 1.807) is 0 Å². The van der Waals surface area contributed by atoms with Gasteiger partial charge in [0.05, 0.1) is 5.56 Å². The normalized spacial score (nSPS) is 11.7. The van der Waals surface area contributed by atoms with Gasteiger partial charge in [0.15, 0.2) is 5.82 Å². The molecule has 1 rings (SSSR count). The zero-order chi connectivity index (χ0) is 15.3. The fourth-order valence-electron chi connectivity index (χ4n) is 1.35. The molecule has 1 heterocycles. The maximum atomic E-state index is 13.3. The number of halogens is 2. The summed E-state index contributed by atoms with van der Waals surface area (Å²) in [5, 5.41) is 19.2. The maximum absolute atomic E-state index is 13.3. The van der Waals surface area contributed by atoms with E-state index >= 15 is 0 Å². The highest BCUT2D eigenvalue weighted by atomic mass is 19.2. The predicted octanol–water partition coefficient (Wildman–Crippen LogP) is 0.408. The summed E-state index contributed by atoms with van der Waals surface area (Å²) in [5.74, 6) is -6.88. The number of carboxylic acids is 2. The van der Waals surface area contributed by atoms with E-state index in [9.17, 15) is 23.2 Å². The average molecular weight is 288 g/mol. The van der Waals surface area contributed by atoms with Gasteiger partial charge in [0.1, 0.15) is 6.04 Å². The number of carbonyl (C=O) groups excluding carboxylic acids is 1. The van der Waals surface area contributed by atoms with Crippen LogP contribution in [0.5, 0.6) is 0 Å². The van der Waals surface area contributed by atoms with Crippen molar-refractivity contribution in [1.29, 1.82) is 0 Å². The molecule has 1 aromatic heterocycles. The van der Waals surface area contributed by atoms with Crippen LogP contribution in [0.15, 0.2) is 12.3 Å². The van der Waals surface area contributed by atoms with E-state index in [0.29, 0.717) is 0 Å². The Hall–Kier alpha value is -2.58. The van der Waals surface area contributed by atoms with Gasteiger partial charge in [0.25, 0.3) is 5.91 Å². The quantitative estimate of drug-likeness (QED) is 0.653. The van der Waals surface area contributed by atoms with Crippen molar-refractivity contribution in [3.05, 3.63) is 29.6 Å². The number of hydrogen-bond donors (Lipinski definition) is 3. The van der Waals surface area contributed by atoms with Crippen molar-refractivity contribution >= 4 is 17.8 Å². The molecule has 0 aliphatic heterocycles. The highest BCUT2D eigenvalue weighted by Gasteiger charge is 2.24. The smallest absolute Gasteiger partial charge is 0.326 e. The summed E-state index contributed by atoms with van der Waals surface area (Å²) in [4.78, 5) is 35.8. The van der Waals surface area contributed by atoms with E-state index in [-0.39, 0.29) is 6.42 Å². The molecule has 0 spiro atoms. The lowest BCUT2D eigenvalue weighted by atomic mass is 10.1. The summed E-state index contributed by atoms with van der Waals surface area (Å²) in [6, 6.07) is -0.640. The minimum absolute atomic E-state index is 0.383. The Bertz CT molecular complexity index is 550. The molecule has 0 saturated carbocycles. The van der Waals surface area contributed by atoms with Gasteiger partial charge < -0.3 is 15.5 Å². The largest absolute Gasteiger partial charge is 0.481 e. The van der Waals surface area contributed by atoms with Crippen LogP contribution in [0.4, 0.5) is 8.78 Å². The minimum atomic E-state index is -1.52. The number of carbonyl (C=O) groups is 3. The van der Waals surface area contributed by atoms with Gasteiger partial charge in [0, 0.05) is 12.6 Å². The molecule has 0 aromatic carbocycles. The van der Waals surface area contributed by atoms with Gasteiger partial charge >= 0.3 is 11.9 Å². The van der Waals surface area contributed by atoms with Gasteiger partial charge in [-0.1, -0.05) is 0 Å². The van der Waals surface area contributed by atoms with Crippen LogP contribution in [0.2, 0.25) is 0 Å². The first-order valence-corrected chi connectivity index (χ1v) is 5.38. The van der Waals surface area contributed by atoms with Crippen molar-refractivity contribution in [2.75, 3.05) is 0 Å². The molecule has 1 atom stereocenters. The zero-order valence-corrected chi connectivity index (χ0v) is 9.97. The number of hydrogen-bond acceptors (Lipinski definition) is 4. The van der Waals surface area contributed by atoms with Crippen LogP contribution in [-0.2, 0) is 9.59 Å². The van der Waals surface area contributed by atoms with Crippen LogP contribution in [-0.4, -0.2) is 39.1 Å². The molecule has 3 N–H and O–H groups in total. The van der Waals surface area contributed by atoms with Crippen molar-refractivity contribution < 1.29 is 33.4 Å². The molecule has 1 aromatic rings. The Labute approximate surface area is 111 Å². The van der Waals surface area contributed by atoms with Crippen molar-refractivity contribution in [2.45, 2.75) is 18.9 Å². The topological polar surface area (TPSA) is 117 Å². The number of aliphatic carboxylic acids is 2. The number of nitrogens with zero attached hydrogens (tertiary/aromatic N) is 1. The lowest BCUT2D eigenvalue weighted by molar-refractivity contribution is -0.140. The molecule has 0 unspecified atom stereocenters. The van der Waals surface area contributed by atoms with Gasteiger partial charge in [-0.25, -0.2) is 14.2 Å². The predicted molar refractivity (Wildman–Crippen MR) is 59.9 cm³/mol. The molecular formula is C11H10F2N2O5. The Morgan fingerprint density at radius 1 is 1.30 bits per heavy atom. The molecule has 1 amide bonds. The number of aromatic nitrogens is 1. The Morgan fingerprint density at radius 3 is 2.50 bits per heavy atom. The molecule has 0 fully saturated rings. The number of rotatable bonds is 6. The fourth-order valence-corrected chi connectivity index (χ4v) is 1.35. The highest BCUT2D eigenvalue weighted by molar-refractivity contribution is 5.96. The summed E-state index contributed by atoms with van der Waals surface area (Å²) in [5.41, 5.74) is -0.709. The molecular weight excluding hydrogens is 278 g/mol. The monoisotopic (exact) mass is 288 g/mol. The van der Waals surface area contributed by atoms with Crippen LogP contribution in [0.3, 0.4) is 0 Å². The third-order valence-corrected chi connectivity index (χ3v) is 2.34. The van der Waals surface area contributed by atoms with Gasteiger partial charge in [-0.05, 0) is 12.5 Å². The Balaban J connectivity index is 2.83. The average Bonchev–Trinajstić information content (AvgIpc) is 2.36.